The summed E-state index contributed by atoms with van der Waals surface area (Å²) in [6.07, 6.45) is 6.81. The summed E-state index contributed by atoms with van der Waals surface area (Å²) in [5.74, 6) is 0.779. The minimum absolute atomic E-state index is 0.681. The molecule has 0 atom stereocenters. The van der Waals surface area contributed by atoms with E-state index in [1.165, 1.54) is 60.0 Å². The monoisotopic (exact) mass is 477 g/mol. The molecule has 0 unspecified atom stereocenters. The van der Waals surface area contributed by atoms with Crippen molar-refractivity contribution in [2.45, 2.75) is 38.8 Å². The number of fused-ring (bicyclic) bond motifs is 1. The normalized spacial score (nSPS) is 14.9. The highest BCUT2D eigenvalue weighted by atomic mass is 16.3. The van der Waals surface area contributed by atoms with Crippen LogP contribution in [0, 0.1) is 17.2 Å². The molecule has 1 fully saturated rings. The first-order valence-electron chi connectivity index (χ1n) is 13.0. The molecule has 36 heavy (non-hydrogen) atoms. The molecular formula is C32H35N3O. The maximum Gasteiger partial charge on any atom is 0.139 e. The van der Waals surface area contributed by atoms with Crippen molar-refractivity contribution in [2.24, 2.45) is 5.92 Å². The molecule has 4 heteroatoms. The van der Waals surface area contributed by atoms with Gasteiger partial charge in [0.15, 0.2) is 0 Å². The van der Waals surface area contributed by atoms with Gasteiger partial charge in [-0.2, -0.15) is 5.26 Å². The lowest BCUT2D eigenvalue weighted by molar-refractivity contribution is 0.172. The smallest absolute Gasteiger partial charge is 0.139 e. The Morgan fingerprint density at radius 3 is 2.42 bits per heavy atom. The molecule has 2 heterocycles. The van der Waals surface area contributed by atoms with Crippen molar-refractivity contribution >= 4 is 11.0 Å². The van der Waals surface area contributed by atoms with Crippen molar-refractivity contribution in [3.63, 3.8) is 0 Å². The van der Waals surface area contributed by atoms with Gasteiger partial charge in [0.2, 0.25) is 0 Å². The topological polar surface area (TPSA) is 43.4 Å². The van der Waals surface area contributed by atoms with Gasteiger partial charge >= 0.3 is 0 Å². The average molecular weight is 478 g/mol. The second-order valence-corrected chi connectivity index (χ2v) is 10.4. The van der Waals surface area contributed by atoms with E-state index < -0.39 is 0 Å². The summed E-state index contributed by atoms with van der Waals surface area (Å²) in [5, 5.41) is 10.4. The number of hydrogen-bond acceptors (Lipinski definition) is 4. The third-order valence-corrected chi connectivity index (χ3v) is 7.50. The Morgan fingerprint density at radius 1 is 0.972 bits per heavy atom. The molecular weight excluding hydrogens is 442 g/mol. The standard InChI is InChI=1S/C32H35N3O/c1-34(2)22-31-29(27-11-9-25(20-33)10-12-27)14-15-30-28(23-36-32(30)31)13-8-24-16-18-35(19-17-24)21-26-6-4-3-5-7-26/h3-7,9-12,14-15,23-24H,8,13,16-19,21-22H2,1-2H3. The lowest BCUT2D eigenvalue weighted by Crippen LogP contribution is -2.33. The summed E-state index contributed by atoms with van der Waals surface area (Å²) in [5.41, 5.74) is 7.92. The minimum Gasteiger partial charge on any atom is -0.464 e. The highest BCUT2D eigenvalue weighted by Crippen LogP contribution is 2.35. The van der Waals surface area contributed by atoms with E-state index >= 15 is 0 Å². The van der Waals surface area contributed by atoms with Gasteiger partial charge in [0.1, 0.15) is 5.58 Å². The summed E-state index contributed by atoms with van der Waals surface area (Å²) in [4.78, 5) is 4.78. The van der Waals surface area contributed by atoms with Crippen LogP contribution in [0.1, 0.15) is 41.5 Å². The molecule has 5 rings (SSSR count). The third-order valence-electron chi connectivity index (χ3n) is 7.50. The van der Waals surface area contributed by atoms with E-state index in [0.717, 1.165) is 36.6 Å². The lowest BCUT2D eigenvalue weighted by atomic mass is 9.89. The van der Waals surface area contributed by atoms with Crippen LogP contribution in [-0.4, -0.2) is 37.0 Å². The lowest BCUT2D eigenvalue weighted by Gasteiger charge is -2.32. The van der Waals surface area contributed by atoms with Crippen molar-refractivity contribution in [1.82, 2.24) is 9.80 Å². The number of nitriles is 1. The Kier molecular flexibility index (Phi) is 7.51. The predicted molar refractivity (Wildman–Crippen MR) is 147 cm³/mol. The summed E-state index contributed by atoms with van der Waals surface area (Å²) < 4.78 is 6.22. The Hall–Kier alpha value is -3.39. The van der Waals surface area contributed by atoms with Crippen LogP contribution in [0.25, 0.3) is 22.1 Å². The van der Waals surface area contributed by atoms with Gasteiger partial charge in [-0.1, -0.05) is 54.6 Å². The molecule has 1 aliphatic rings. The quantitative estimate of drug-likeness (QED) is 0.277. The van der Waals surface area contributed by atoms with Gasteiger partial charge in [-0.15, -0.1) is 0 Å². The summed E-state index contributed by atoms with van der Waals surface area (Å²) in [6.45, 7) is 4.24. The van der Waals surface area contributed by atoms with Crippen molar-refractivity contribution < 1.29 is 4.42 Å². The summed E-state index contributed by atoms with van der Waals surface area (Å²) in [7, 11) is 4.19. The van der Waals surface area contributed by atoms with Gasteiger partial charge in [-0.05, 0) is 93.2 Å². The second-order valence-electron chi connectivity index (χ2n) is 10.4. The average Bonchev–Trinajstić information content (AvgIpc) is 3.32. The molecule has 4 aromatic rings. The third kappa shape index (κ3) is 5.54. The van der Waals surface area contributed by atoms with Crippen LogP contribution in [0.3, 0.4) is 0 Å². The maximum atomic E-state index is 9.16. The molecule has 0 saturated carbocycles. The zero-order valence-electron chi connectivity index (χ0n) is 21.4. The molecule has 4 nitrogen and oxygen atoms in total. The fourth-order valence-electron chi connectivity index (χ4n) is 5.50. The van der Waals surface area contributed by atoms with Crippen LogP contribution in [0.4, 0.5) is 0 Å². The molecule has 0 amide bonds. The van der Waals surface area contributed by atoms with Crippen LogP contribution >= 0.6 is 0 Å². The molecule has 0 aliphatic carbocycles. The number of aryl methyl sites for hydroxylation is 1. The Balaban J connectivity index is 1.28. The second kappa shape index (κ2) is 11.1. The number of likely N-dealkylation sites (tertiary alicyclic amines) is 1. The van der Waals surface area contributed by atoms with Gasteiger partial charge in [-0.3, -0.25) is 4.90 Å². The number of nitrogens with zero attached hydrogens (tertiary/aromatic N) is 3. The number of hydrogen-bond donors (Lipinski definition) is 0. The largest absolute Gasteiger partial charge is 0.464 e. The van der Waals surface area contributed by atoms with Crippen LogP contribution in [0.2, 0.25) is 0 Å². The van der Waals surface area contributed by atoms with E-state index in [1.54, 1.807) is 0 Å². The summed E-state index contributed by atoms with van der Waals surface area (Å²) >= 11 is 0. The number of rotatable bonds is 8. The van der Waals surface area contributed by atoms with Gasteiger partial charge in [-0.25, -0.2) is 0 Å². The van der Waals surface area contributed by atoms with Crippen LogP contribution < -0.4 is 0 Å². The number of benzene rings is 3. The fraction of sp³-hybridized carbons (Fsp3) is 0.344. The van der Waals surface area contributed by atoms with Crippen LogP contribution in [-0.2, 0) is 19.5 Å². The Labute approximate surface area is 214 Å². The van der Waals surface area contributed by atoms with Crippen LogP contribution in [0.15, 0.2) is 77.4 Å². The Morgan fingerprint density at radius 2 is 1.72 bits per heavy atom. The zero-order valence-corrected chi connectivity index (χ0v) is 21.4. The van der Waals surface area contributed by atoms with Crippen molar-refractivity contribution in [1.29, 1.82) is 5.26 Å². The molecule has 3 aromatic carbocycles. The number of piperidine rings is 1. The molecule has 1 saturated heterocycles. The highest BCUT2D eigenvalue weighted by Gasteiger charge is 2.21. The van der Waals surface area contributed by atoms with Crippen molar-refractivity contribution in [2.75, 3.05) is 27.2 Å². The SMILES string of the molecule is CN(C)Cc1c(-c2ccc(C#N)cc2)ccc2c(CCC3CCN(Cc4ccccc4)CC3)coc12. The van der Waals surface area contributed by atoms with E-state index in [-0.39, 0.29) is 0 Å². The van der Waals surface area contributed by atoms with Crippen molar-refractivity contribution in [3.8, 4) is 17.2 Å². The molecule has 0 spiro atoms. The van der Waals surface area contributed by atoms with E-state index in [0.29, 0.717) is 5.56 Å². The maximum absolute atomic E-state index is 9.16. The van der Waals surface area contributed by atoms with Gasteiger partial charge in [0, 0.05) is 24.0 Å². The first kappa shape index (κ1) is 24.3. The summed E-state index contributed by atoms with van der Waals surface area (Å²) in [6, 6.07) is 25.3. The van der Waals surface area contributed by atoms with E-state index in [2.05, 4.69) is 72.4 Å². The fourth-order valence-corrected chi connectivity index (χ4v) is 5.50. The van der Waals surface area contributed by atoms with Crippen LogP contribution in [0.5, 0.6) is 0 Å². The molecule has 1 aliphatic heterocycles. The van der Waals surface area contributed by atoms with Gasteiger partial charge < -0.3 is 9.32 Å². The molecule has 0 radical (unpaired) electrons. The minimum atomic E-state index is 0.681. The first-order chi connectivity index (χ1) is 17.6. The van der Waals surface area contributed by atoms with Crippen molar-refractivity contribution in [3.05, 3.63) is 95.2 Å². The predicted octanol–water partition coefficient (Wildman–Crippen LogP) is 6.88. The van der Waals surface area contributed by atoms with E-state index in [4.69, 9.17) is 9.68 Å². The van der Waals surface area contributed by atoms with Gasteiger partial charge in [0.05, 0.1) is 17.9 Å². The Bertz CT molecular complexity index is 1320. The molecule has 0 N–H and O–H groups in total. The number of furan rings is 1. The van der Waals surface area contributed by atoms with Gasteiger partial charge in [0.25, 0.3) is 0 Å². The zero-order chi connectivity index (χ0) is 24.9. The molecule has 184 valence electrons. The molecule has 0 bridgehead atoms. The highest BCUT2D eigenvalue weighted by molar-refractivity contribution is 5.90. The first-order valence-corrected chi connectivity index (χ1v) is 13.0. The van der Waals surface area contributed by atoms with E-state index in [1.807, 2.05) is 30.5 Å². The molecule has 1 aromatic heterocycles. The van der Waals surface area contributed by atoms with E-state index in [9.17, 15) is 0 Å².